The van der Waals surface area contributed by atoms with Gasteiger partial charge in [0.05, 0.1) is 11.3 Å². The van der Waals surface area contributed by atoms with Crippen molar-refractivity contribution in [2.24, 2.45) is 5.92 Å². The van der Waals surface area contributed by atoms with Crippen LogP contribution in [0.25, 0.3) is 10.2 Å². The minimum absolute atomic E-state index is 0.283. The van der Waals surface area contributed by atoms with E-state index in [1.54, 1.807) is 17.7 Å². The number of aryl methyl sites for hydroxylation is 1. The van der Waals surface area contributed by atoms with Crippen LogP contribution in [0.1, 0.15) is 12.0 Å². The van der Waals surface area contributed by atoms with Gasteiger partial charge in [-0.1, -0.05) is 0 Å². The van der Waals surface area contributed by atoms with Gasteiger partial charge in [-0.3, -0.25) is 4.79 Å². The Morgan fingerprint density at radius 1 is 1.56 bits per heavy atom. The zero-order valence-corrected chi connectivity index (χ0v) is 10.8. The third kappa shape index (κ3) is 1.73. The van der Waals surface area contributed by atoms with Gasteiger partial charge in [-0.2, -0.15) is 0 Å². The number of carboxylic acid groups (broad SMARTS) is 1. The van der Waals surface area contributed by atoms with Crippen LogP contribution in [-0.4, -0.2) is 34.1 Å². The maximum absolute atomic E-state index is 11.0. The monoisotopic (exact) mass is 263 g/mol. The van der Waals surface area contributed by atoms with Crippen LogP contribution < -0.4 is 4.90 Å². The van der Waals surface area contributed by atoms with E-state index in [4.69, 9.17) is 5.11 Å². The number of aliphatic carboxylic acids is 1. The molecule has 0 aromatic carbocycles. The Labute approximate surface area is 108 Å². The predicted molar refractivity (Wildman–Crippen MR) is 70.1 cm³/mol. The van der Waals surface area contributed by atoms with E-state index < -0.39 is 5.97 Å². The zero-order valence-electron chi connectivity index (χ0n) is 9.96. The molecule has 1 saturated heterocycles. The van der Waals surface area contributed by atoms with Crippen molar-refractivity contribution in [3.8, 4) is 0 Å². The van der Waals surface area contributed by atoms with E-state index in [2.05, 4.69) is 20.2 Å². The summed E-state index contributed by atoms with van der Waals surface area (Å²) in [6.07, 6.45) is 2.24. The molecule has 94 valence electrons. The Kier molecular flexibility index (Phi) is 2.66. The largest absolute Gasteiger partial charge is 0.481 e. The Morgan fingerprint density at radius 3 is 3.11 bits per heavy atom. The first-order valence-electron chi connectivity index (χ1n) is 5.83. The Bertz CT molecular complexity index is 610. The maximum atomic E-state index is 11.0. The molecule has 0 radical (unpaired) electrons. The molecule has 2 aromatic heterocycles. The van der Waals surface area contributed by atoms with E-state index in [-0.39, 0.29) is 5.92 Å². The molecule has 2 aromatic rings. The molecule has 1 aliphatic heterocycles. The fourth-order valence-electron chi connectivity index (χ4n) is 2.39. The summed E-state index contributed by atoms with van der Waals surface area (Å²) in [5.41, 5.74) is 1.16. The van der Waals surface area contributed by atoms with Crippen LogP contribution in [0.5, 0.6) is 0 Å². The van der Waals surface area contributed by atoms with E-state index in [0.29, 0.717) is 13.0 Å². The quantitative estimate of drug-likeness (QED) is 0.896. The molecule has 1 atom stereocenters. The Hall–Kier alpha value is -1.69. The molecule has 1 fully saturated rings. The number of carbonyl (C=O) groups is 1. The fraction of sp³-hybridized carbons (Fsp3) is 0.417. The van der Waals surface area contributed by atoms with Gasteiger partial charge in [-0.25, -0.2) is 9.97 Å². The summed E-state index contributed by atoms with van der Waals surface area (Å²) in [4.78, 5) is 22.6. The summed E-state index contributed by atoms with van der Waals surface area (Å²) in [5, 5.41) is 12.2. The van der Waals surface area contributed by atoms with E-state index >= 15 is 0 Å². The average molecular weight is 263 g/mol. The number of fused-ring (bicyclic) bond motifs is 1. The van der Waals surface area contributed by atoms with Crippen LogP contribution in [0.3, 0.4) is 0 Å². The molecule has 0 saturated carbocycles. The Morgan fingerprint density at radius 2 is 2.39 bits per heavy atom. The molecule has 0 aliphatic carbocycles. The number of carboxylic acids is 1. The highest BCUT2D eigenvalue weighted by molar-refractivity contribution is 7.17. The third-order valence-electron chi connectivity index (χ3n) is 3.37. The van der Waals surface area contributed by atoms with Gasteiger partial charge in [0.25, 0.3) is 0 Å². The molecular formula is C12H13N3O2S. The molecule has 5 nitrogen and oxygen atoms in total. The minimum Gasteiger partial charge on any atom is -0.481 e. The van der Waals surface area contributed by atoms with E-state index in [0.717, 1.165) is 28.1 Å². The topological polar surface area (TPSA) is 66.3 Å². The lowest BCUT2D eigenvalue weighted by Crippen LogP contribution is -2.23. The first-order chi connectivity index (χ1) is 8.66. The molecule has 3 rings (SSSR count). The zero-order chi connectivity index (χ0) is 12.7. The Balaban J connectivity index is 2.00. The van der Waals surface area contributed by atoms with Gasteiger partial charge in [0, 0.05) is 13.1 Å². The standard InChI is InChI=1S/C12H13N3O2S/c1-7-5-18-11-9(7)10(13-6-14-11)15-3-2-8(4-15)12(16)17/h5-6,8H,2-4H2,1H3,(H,16,17). The smallest absolute Gasteiger partial charge is 0.308 e. The summed E-state index contributed by atoms with van der Waals surface area (Å²) < 4.78 is 0. The fourth-order valence-corrected chi connectivity index (χ4v) is 3.28. The summed E-state index contributed by atoms with van der Waals surface area (Å²) in [6, 6.07) is 0. The molecule has 0 spiro atoms. The summed E-state index contributed by atoms with van der Waals surface area (Å²) in [6.45, 7) is 3.32. The van der Waals surface area contributed by atoms with Crippen molar-refractivity contribution in [2.45, 2.75) is 13.3 Å². The van der Waals surface area contributed by atoms with Gasteiger partial charge < -0.3 is 10.0 Å². The number of anilines is 1. The summed E-state index contributed by atoms with van der Waals surface area (Å²) in [5.74, 6) is -0.124. The van der Waals surface area contributed by atoms with Crippen molar-refractivity contribution >= 4 is 33.3 Å². The van der Waals surface area contributed by atoms with Gasteiger partial charge in [-0.05, 0) is 24.3 Å². The van der Waals surface area contributed by atoms with E-state index in [1.165, 1.54) is 0 Å². The van der Waals surface area contributed by atoms with Gasteiger partial charge in [0.1, 0.15) is 17.0 Å². The van der Waals surface area contributed by atoms with Crippen molar-refractivity contribution in [1.29, 1.82) is 0 Å². The van der Waals surface area contributed by atoms with Crippen LogP contribution in [0.15, 0.2) is 11.7 Å². The highest BCUT2D eigenvalue weighted by atomic mass is 32.1. The number of hydrogen-bond donors (Lipinski definition) is 1. The van der Waals surface area contributed by atoms with Gasteiger partial charge >= 0.3 is 5.97 Å². The van der Waals surface area contributed by atoms with E-state index in [9.17, 15) is 4.79 Å². The lowest BCUT2D eigenvalue weighted by atomic mass is 10.1. The average Bonchev–Trinajstić information content (AvgIpc) is 2.96. The summed E-state index contributed by atoms with van der Waals surface area (Å²) in [7, 11) is 0. The lowest BCUT2D eigenvalue weighted by molar-refractivity contribution is -0.140. The van der Waals surface area contributed by atoms with Crippen LogP contribution in [0, 0.1) is 12.8 Å². The van der Waals surface area contributed by atoms with Gasteiger partial charge in [-0.15, -0.1) is 11.3 Å². The second kappa shape index (κ2) is 4.20. The highest BCUT2D eigenvalue weighted by Gasteiger charge is 2.30. The number of nitrogens with zero attached hydrogens (tertiary/aromatic N) is 3. The van der Waals surface area contributed by atoms with Gasteiger partial charge in [0.2, 0.25) is 0 Å². The first kappa shape index (κ1) is 11.4. The molecule has 6 heteroatoms. The second-order valence-electron chi connectivity index (χ2n) is 4.57. The van der Waals surface area contributed by atoms with Crippen molar-refractivity contribution in [1.82, 2.24) is 9.97 Å². The number of hydrogen-bond acceptors (Lipinski definition) is 5. The normalized spacial score (nSPS) is 19.6. The van der Waals surface area contributed by atoms with Crippen molar-refractivity contribution < 1.29 is 9.90 Å². The van der Waals surface area contributed by atoms with Crippen LogP contribution >= 0.6 is 11.3 Å². The van der Waals surface area contributed by atoms with Crippen molar-refractivity contribution in [2.75, 3.05) is 18.0 Å². The molecule has 18 heavy (non-hydrogen) atoms. The van der Waals surface area contributed by atoms with Crippen LogP contribution in [0.2, 0.25) is 0 Å². The predicted octanol–water partition coefficient (Wildman–Crippen LogP) is 1.91. The number of thiophene rings is 1. The number of aromatic nitrogens is 2. The molecule has 1 aliphatic rings. The summed E-state index contributed by atoms with van der Waals surface area (Å²) >= 11 is 1.60. The molecule has 1 unspecified atom stereocenters. The molecule has 3 heterocycles. The molecule has 0 bridgehead atoms. The van der Waals surface area contributed by atoms with Crippen LogP contribution in [-0.2, 0) is 4.79 Å². The minimum atomic E-state index is -0.718. The third-order valence-corrected chi connectivity index (χ3v) is 4.38. The molecule has 1 N–H and O–H groups in total. The van der Waals surface area contributed by atoms with Crippen molar-refractivity contribution in [3.05, 3.63) is 17.3 Å². The maximum Gasteiger partial charge on any atom is 0.308 e. The van der Waals surface area contributed by atoms with Crippen molar-refractivity contribution in [3.63, 3.8) is 0 Å². The van der Waals surface area contributed by atoms with E-state index in [1.807, 2.05) is 6.92 Å². The lowest BCUT2D eigenvalue weighted by Gasteiger charge is -2.17. The second-order valence-corrected chi connectivity index (χ2v) is 5.42. The van der Waals surface area contributed by atoms with Gasteiger partial charge in [0.15, 0.2) is 0 Å². The SMILES string of the molecule is Cc1csc2ncnc(N3CCC(C(=O)O)C3)c12. The first-order valence-corrected chi connectivity index (χ1v) is 6.71. The van der Waals surface area contributed by atoms with Crippen LogP contribution in [0.4, 0.5) is 5.82 Å². The molecule has 0 amide bonds. The molecular weight excluding hydrogens is 250 g/mol. The highest BCUT2D eigenvalue weighted by Crippen LogP contribution is 2.33. The number of rotatable bonds is 2.